The second-order valence-electron chi connectivity index (χ2n) is 8.34. The number of rotatable bonds is 7. The second-order valence-corrected chi connectivity index (χ2v) is 8.75. The maximum Gasteiger partial charge on any atom is 0.249 e. The fraction of sp³-hybridized carbons (Fsp3) is 0.333. The number of hydrogen-bond donors (Lipinski definition) is 0. The number of nitrogens with zero attached hydrogens (tertiary/aromatic N) is 4. The zero-order valence-corrected chi connectivity index (χ0v) is 18.2. The summed E-state index contributed by atoms with van der Waals surface area (Å²) in [7, 11) is 0. The van der Waals surface area contributed by atoms with Crippen molar-refractivity contribution in [1.29, 1.82) is 0 Å². The van der Waals surface area contributed by atoms with Gasteiger partial charge in [0, 0.05) is 25.6 Å². The highest BCUT2D eigenvalue weighted by Gasteiger charge is 2.41. The Kier molecular flexibility index (Phi) is 5.66. The third kappa shape index (κ3) is 4.39. The molecular formula is C24H23ClN4O3. The maximum atomic E-state index is 13.3. The molecule has 1 aromatic heterocycles. The first-order chi connectivity index (χ1) is 15.6. The quantitative estimate of drug-likeness (QED) is 0.545. The van der Waals surface area contributed by atoms with Gasteiger partial charge >= 0.3 is 0 Å². The highest BCUT2D eigenvalue weighted by Crippen LogP contribution is 2.33. The summed E-state index contributed by atoms with van der Waals surface area (Å²) in [5, 5.41) is 8.77. The molecule has 1 aliphatic carbocycles. The van der Waals surface area contributed by atoms with Crippen LogP contribution in [0.15, 0.2) is 59.0 Å². The highest BCUT2D eigenvalue weighted by atomic mass is 35.5. The molecule has 0 unspecified atom stereocenters. The molecule has 7 nitrogen and oxygen atoms in total. The Morgan fingerprint density at radius 2 is 1.84 bits per heavy atom. The molecule has 2 fully saturated rings. The number of carbonyl (C=O) groups is 2. The minimum atomic E-state index is -0.349. The van der Waals surface area contributed by atoms with Crippen molar-refractivity contribution in [2.24, 2.45) is 5.92 Å². The second kappa shape index (κ2) is 8.74. The molecule has 0 bridgehead atoms. The molecule has 0 spiro atoms. The molecule has 2 aromatic carbocycles. The standard InChI is InChI=1S/C24H23ClN4O3/c25-20-9-5-4-8-19(20)23-27-26-21(32-23)15-29(18-10-11-18)24(31)17-12-22(30)28(14-17)13-16-6-2-1-3-7-16/h1-9,17-18H,10-15H2/t17-/m1/s1. The molecule has 1 aliphatic heterocycles. The van der Waals surface area contributed by atoms with Gasteiger partial charge in [-0.25, -0.2) is 0 Å². The van der Waals surface area contributed by atoms with Crippen LogP contribution in [0.5, 0.6) is 0 Å². The lowest BCUT2D eigenvalue weighted by Gasteiger charge is -2.24. The van der Waals surface area contributed by atoms with Crippen LogP contribution in [0.4, 0.5) is 0 Å². The molecule has 3 aromatic rings. The number of benzene rings is 2. The van der Waals surface area contributed by atoms with E-state index in [1.807, 2.05) is 48.5 Å². The van der Waals surface area contributed by atoms with Crippen molar-refractivity contribution in [3.8, 4) is 11.5 Å². The number of aromatic nitrogens is 2. The van der Waals surface area contributed by atoms with Gasteiger partial charge in [-0.15, -0.1) is 10.2 Å². The summed E-state index contributed by atoms with van der Waals surface area (Å²) in [6.07, 6.45) is 2.14. The van der Waals surface area contributed by atoms with Gasteiger partial charge in [0.05, 0.1) is 23.0 Å². The Labute approximate surface area is 191 Å². The molecule has 2 heterocycles. The minimum Gasteiger partial charge on any atom is -0.419 e. The van der Waals surface area contributed by atoms with Gasteiger partial charge in [0.2, 0.25) is 23.6 Å². The third-order valence-corrected chi connectivity index (χ3v) is 6.26. The van der Waals surface area contributed by atoms with Crippen molar-refractivity contribution in [3.05, 3.63) is 71.1 Å². The maximum absolute atomic E-state index is 13.3. The highest BCUT2D eigenvalue weighted by molar-refractivity contribution is 6.33. The van der Waals surface area contributed by atoms with Gasteiger partial charge in [-0.3, -0.25) is 9.59 Å². The van der Waals surface area contributed by atoms with Crippen LogP contribution < -0.4 is 0 Å². The van der Waals surface area contributed by atoms with Gasteiger partial charge in [-0.05, 0) is 30.5 Å². The van der Waals surface area contributed by atoms with Gasteiger partial charge in [-0.1, -0.05) is 54.1 Å². The number of amides is 2. The van der Waals surface area contributed by atoms with Crippen molar-refractivity contribution < 1.29 is 14.0 Å². The van der Waals surface area contributed by atoms with Gasteiger partial charge in [0.15, 0.2) is 0 Å². The van der Waals surface area contributed by atoms with Gasteiger partial charge in [-0.2, -0.15) is 0 Å². The molecule has 1 saturated heterocycles. The van der Waals surface area contributed by atoms with Crippen LogP contribution >= 0.6 is 11.6 Å². The van der Waals surface area contributed by atoms with Crippen LogP contribution in [0, 0.1) is 5.92 Å². The van der Waals surface area contributed by atoms with Crippen molar-refractivity contribution in [1.82, 2.24) is 20.0 Å². The monoisotopic (exact) mass is 450 g/mol. The molecule has 32 heavy (non-hydrogen) atoms. The van der Waals surface area contributed by atoms with Crippen molar-refractivity contribution >= 4 is 23.4 Å². The Hall–Kier alpha value is -3.19. The summed E-state index contributed by atoms with van der Waals surface area (Å²) >= 11 is 6.23. The van der Waals surface area contributed by atoms with Crippen LogP contribution in [-0.4, -0.2) is 44.4 Å². The van der Waals surface area contributed by atoms with E-state index in [0.29, 0.717) is 35.5 Å². The number of likely N-dealkylation sites (tertiary alicyclic amines) is 1. The van der Waals surface area contributed by atoms with Crippen LogP contribution in [0.1, 0.15) is 30.7 Å². The first-order valence-corrected chi connectivity index (χ1v) is 11.2. The van der Waals surface area contributed by atoms with E-state index in [4.69, 9.17) is 16.0 Å². The first kappa shape index (κ1) is 20.7. The number of hydrogen-bond acceptors (Lipinski definition) is 5. The van der Waals surface area contributed by atoms with Crippen molar-refractivity contribution in [2.45, 2.75) is 38.4 Å². The summed E-state index contributed by atoms with van der Waals surface area (Å²) in [6.45, 7) is 1.20. The largest absolute Gasteiger partial charge is 0.419 e. The van der Waals surface area contributed by atoms with E-state index in [2.05, 4.69) is 10.2 Å². The molecule has 1 saturated carbocycles. The average molecular weight is 451 g/mol. The van der Waals surface area contributed by atoms with Crippen LogP contribution in [-0.2, 0) is 22.7 Å². The Balaban J connectivity index is 1.27. The molecule has 1 atom stereocenters. The lowest BCUT2D eigenvalue weighted by molar-refractivity contribution is -0.137. The molecular weight excluding hydrogens is 428 g/mol. The van der Waals surface area contributed by atoms with Gasteiger partial charge in [0.25, 0.3) is 0 Å². The fourth-order valence-corrected chi connectivity index (χ4v) is 4.33. The van der Waals surface area contributed by atoms with Crippen LogP contribution in [0.25, 0.3) is 11.5 Å². The number of halogens is 1. The minimum absolute atomic E-state index is 0.0155. The van der Waals surface area contributed by atoms with E-state index in [-0.39, 0.29) is 36.7 Å². The number of carbonyl (C=O) groups excluding carboxylic acids is 2. The lowest BCUT2D eigenvalue weighted by atomic mass is 10.1. The summed E-state index contributed by atoms with van der Waals surface area (Å²) in [5.41, 5.74) is 1.72. The Morgan fingerprint density at radius 1 is 1.09 bits per heavy atom. The van der Waals surface area contributed by atoms with E-state index in [9.17, 15) is 9.59 Å². The van der Waals surface area contributed by atoms with Crippen molar-refractivity contribution in [3.63, 3.8) is 0 Å². The van der Waals surface area contributed by atoms with Crippen LogP contribution in [0.2, 0.25) is 5.02 Å². The molecule has 2 amide bonds. The molecule has 8 heteroatoms. The normalized spacial score (nSPS) is 18.2. The molecule has 0 N–H and O–H groups in total. The van der Waals surface area contributed by atoms with Crippen LogP contribution in [0.3, 0.4) is 0 Å². The summed E-state index contributed by atoms with van der Waals surface area (Å²) < 4.78 is 5.82. The van der Waals surface area contributed by atoms with Crippen molar-refractivity contribution in [2.75, 3.05) is 6.54 Å². The molecule has 5 rings (SSSR count). The van der Waals surface area contributed by atoms with E-state index < -0.39 is 0 Å². The summed E-state index contributed by atoms with van der Waals surface area (Å²) in [5.74, 6) is 0.345. The fourth-order valence-electron chi connectivity index (χ4n) is 4.11. The zero-order valence-electron chi connectivity index (χ0n) is 17.5. The first-order valence-electron chi connectivity index (χ1n) is 10.8. The van der Waals surface area contributed by atoms with Gasteiger partial charge < -0.3 is 14.2 Å². The van der Waals surface area contributed by atoms with E-state index in [1.54, 1.807) is 15.9 Å². The lowest BCUT2D eigenvalue weighted by Crippen LogP contribution is -2.38. The Morgan fingerprint density at radius 3 is 2.59 bits per heavy atom. The van der Waals surface area contributed by atoms with E-state index >= 15 is 0 Å². The predicted octanol–water partition coefficient (Wildman–Crippen LogP) is 3.93. The van der Waals surface area contributed by atoms with E-state index in [1.165, 1.54) is 0 Å². The van der Waals surface area contributed by atoms with E-state index in [0.717, 1.165) is 18.4 Å². The average Bonchev–Trinajstić information content (AvgIpc) is 3.43. The third-order valence-electron chi connectivity index (χ3n) is 5.93. The zero-order chi connectivity index (χ0) is 22.1. The molecule has 0 radical (unpaired) electrons. The Bertz CT molecular complexity index is 1130. The molecule has 2 aliphatic rings. The smallest absolute Gasteiger partial charge is 0.249 e. The SMILES string of the molecule is O=C1C[C@@H](C(=O)N(Cc2nnc(-c3ccccc3Cl)o2)C2CC2)CN1Cc1ccccc1. The predicted molar refractivity (Wildman–Crippen MR) is 118 cm³/mol. The summed E-state index contributed by atoms with van der Waals surface area (Å²) in [6, 6.07) is 17.3. The molecule has 164 valence electrons. The van der Waals surface area contributed by atoms with Gasteiger partial charge in [0.1, 0.15) is 0 Å². The topological polar surface area (TPSA) is 79.5 Å². The summed E-state index contributed by atoms with van der Waals surface area (Å²) in [4.78, 5) is 29.5.